The van der Waals surface area contributed by atoms with Gasteiger partial charge >= 0.3 is 6.18 Å². The molecule has 0 amide bonds. The van der Waals surface area contributed by atoms with Gasteiger partial charge in [-0.15, -0.1) is 11.3 Å². The average molecular weight is 404 g/mol. The highest BCUT2D eigenvalue weighted by Gasteiger charge is 2.33. The number of ether oxygens (including phenoxy) is 1. The number of hydrogen-bond donors (Lipinski definition) is 2. The van der Waals surface area contributed by atoms with Crippen LogP contribution < -0.4 is 10.6 Å². The smallest absolute Gasteiger partial charge is 0.375 e. The lowest BCUT2D eigenvalue weighted by Gasteiger charge is -2.18. The van der Waals surface area contributed by atoms with Crippen molar-refractivity contribution >= 4 is 17.3 Å². The molecule has 0 radical (unpaired) electrons. The Hall–Kier alpha value is -2.20. The summed E-state index contributed by atoms with van der Waals surface area (Å²) in [4.78, 5) is 7.80. The number of guanidine groups is 1. The highest BCUT2D eigenvalue weighted by atomic mass is 32.1. The number of halogens is 4. The van der Waals surface area contributed by atoms with E-state index in [1.54, 1.807) is 12.1 Å². The number of aliphatic imine (C=N–C) groups is 1. The fourth-order valence-corrected chi connectivity index (χ4v) is 2.93. The third kappa shape index (κ3) is 6.47. The summed E-state index contributed by atoms with van der Waals surface area (Å²) in [5.74, 6) is 0.0866. The van der Waals surface area contributed by atoms with E-state index in [4.69, 9.17) is 4.74 Å². The first kappa shape index (κ1) is 21.1. The van der Waals surface area contributed by atoms with Crippen molar-refractivity contribution < 1.29 is 22.3 Å². The highest BCUT2D eigenvalue weighted by molar-refractivity contribution is 7.09. The molecule has 0 aliphatic carbocycles. The number of thiazole rings is 1. The van der Waals surface area contributed by atoms with E-state index >= 15 is 0 Å². The van der Waals surface area contributed by atoms with E-state index < -0.39 is 11.9 Å². The molecule has 1 aromatic heterocycles. The Morgan fingerprint density at radius 1 is 1.26 bits per heavy atom. The van der Waals surface area contributed by atoms with Crippen molar-refractivity contribution in [2.45, 2.75) is 25.7 Å². The molecule has 2 N–H and O–H groups in total. The topological polar surface area (TPSA) is 58.5 Å². The van der Waals surface area contributed by atoms with Gasteiger partial charge in [-0.05, 0) is 24.6 Å². The largest absolute Gasteiger partial charge is 0.434 e. The normalized spacial score (nSPS) is 13.5. The lowest BCUT2D eigenvalue weighted by atomic mass is 10.1. The van der Waals surface area contributed by atoms with Gasteiger partial charge in [-0.3, -0.25) is 0 Å². The number of nitrogens with zero attached hydrogens (tertiary/aromatic N) is 2. The number of rotatable bonds is 7. The van der Waals surface area contributed by atoms with Gasteiger partial charge in [0.2, 0.25) is 0 Å². The molecular weight excluding hydrogens is 384 g/mol. The summed E-state index contributed by atoms with van der Waals surface area (Å²) in [7, 11) is 1.54. The van der Waals surface area contributed by atoms with Crippen molar-refractivity contribution in [3.8, 4) is 0 Å². The fourth-order valence-electron chi connectivity index (χ4n) is 2.21. The van der Waals surface area contributed by atoms with E-state index in [1.165, 1.54) is 19.2 Å². The van der Waals surface area contributed by atoms with Crippen LogP contribution in [0.1, 0.15) is 29.3 Å². The summed E-state index contributed by atoms with van der Waals surface area (Å²) in [5.41, 5.74) is -0.122. The van der Waals surface area contributed by atoms with E-state index in [0.29, 0.717) is 19.0 Å². The number of benzene rings is 1. The van der Waals surface area contributed by atoms with Gasteiger partial charge in [0.15, 0.2) is 11.7 Å². The maximum Gasteiger partial charge on any atom is 0.434 e. The predicted octanol–water partition coefficient (Wildman–Crippen LogP) is 3.74. The molecule has 27 heavy (non-hydrogen) atoms. The molecule has 0 aliphatic rings. The van der Waals surface area contributed by atoms with E-state index in [0.717, 1.165) is 22.3 Å². The van der Waals surface area contributed by atoms with E-state index in [9.17, 15) is 17.6 Å². The van der Waals surface area contributed by atoms with Gasteiger partial charge in [0.1, 0.15) is 10.8 Å². The Morgan fingerprint density at radius 3 is 2.52 bits per heavy atom. The zero-order valence-corrected chi connectivity index (χ0v) is 15.6. The molecule has 2 rings (SSSR count). The van der Waals surface area contributed by atoms with Gasteiger partial charge in [-0.25, -0.2) is 14.4 Å². The lowest BCUT2D eigenvalue weighted by Crippen LogP contribution is -2.39. The van der Waals surface area contributed by atoms with Crippen molar-refractivity contribution in [1.29, 1.82) is 0 Å². The number of alkyl halides is 3. The van der Waals surface area contributed by atoms with Gasteiger partial charge in [-0.1, -0.05) is 12.1 Å². The molecule has 0 fully saturated rings. The molecule has 1 aromatic carbocycles. The quantitative estimate of drug-likeness (QED) is 0.419. The molecular formula is C17H20F4N4OS. The van der Waals surface area contributed by atoms with Crippen LogP contribution in [0, 0.1) is 5.82 Å². The molecule has 5 nitrogen and oxygen atoms in total. The van der Waals surface area contributed by atoms with Crippen LogP contribution in [-0.2, 0) is 17.5 Å². The molecule has 2 aromatic rings. The number of aromatic nitrogens is 1. The molecule has 0 bridgehead atoms. The zero-order valence-electron chi connectivity index (χ0n) is 14.8. The fraction of sp³-hybridized carbons (Fsp3) is 0.412. The minimum absolute atomic E-state index is 0.0181. The van der Waals surface area contributed by atoms with Crippen LogP contribution >= 0.6 is 11.3 Å². The maximum absolute atomic E-state index is 13.0. The molecule has 0 spiro atoms. The van der Waals surface area contributed by atoms with E-state index in [2.05, 4.69) is 20.6 Å². The summed E-state index contributed by atoms with van der Waals surface area (Å²) in [5, 5.41) is 7.31. The lowest BCUT2D eigenvalue weighted by molar-refractivity contribution is -0.140. The predicted molar refractivity (Wildman–Crippen MR) is 96.1 cm³/mol. The monoisotopic (exact) mass is 404 g/mol. The molecule has 0 aliphatic heterocycles. The maximum atomic E-state index is 13.0. The van der Waals surface area contributed by atoms with E-state index in [1.807, 2.05) is 6.92 Å². The SMILES string of the molecule is CCNC(=NCc1nc(C(F)(F)F)cs1)NCC(OC)c1ccc(F)cc1. The van der Waals surface area contributed by atoms with Crippen molar-refractivity contribution in [2.24, 2.45) is 4.99 Å². The Labute approximate surface area is 158 Å². The third-order valence-electron chi connectivity index (χ3n) is 3.54. The number of hydrogen-bond acceptors (Lipinski definition) is 4. The van der Waals surface area contributed by atoms with Crippen molar-refractivity contribution in [1.82, 2.24) is 15.6 Å². The second-order valence-electron chi connectivity index (χ2n) is 5.48. The third-order valence-corrected chi connectivity index (χ3v) is 4.37. The molecule has 10 heteroatoms. The van der Waals surface area contributed by atoms with Crippen LogP contribution in [0.15, 0.2) is 34.6 Å². The Morgan fingerprint density at radius 2 is 1.96 bits per heavy atom. The molecule has 0 saturated carbocycles. The number of methoxy groups -OCH3 is 1. The molecule has 0 saturated heterocycles. The highest BCUT2D eigenvalue weighted by Crippen LogP contribution is 2.30. The van der Waals surface area contributed by atoms with Gasteiger partial charge in [0, 0.05) is 25.6 Å². The zero-order chi connectivity index (χ0) is 19.9. The summed E-state index contributed by atoms with van der Waals surface area (Å²) in [6.45, 7) is 2.81. The van der Waals surface area contributed by atoms with E-state index in [-0.39, 0.29) is 23.5 Å². The van der Waals surface area contributed by atoms with Crippen LogP contribution in [0.5, 0.6) is 0 Å². The second-order valence-corrected chi connectivity index (χ2v) is 6.42. The van der Waals surface area contributed by atoms with Crippen LogP contribution in [0.3, 0.4) is 0 Å². The molecule has 1 atom stereocenters. The average Bonchev–Trinajstić information content (AvgIpc) is 3.11. The van der Waals surface area contributed by atoms with Crippen LogP contribution in [0.4, 0.5) is 17.6 Å². The molecule has 1 heterocycles. The molecule has 148 valence electrons. The Balaban J connectivity index is 2.00. The number of nitrogens with one attached hydrogen (secondary N) is 2. The van der Waals surface area contributed by atoms with Gasteiger partial charge < -0.3 is 15.4 Å². The van der Waals surface area contributed by atoms with Crippen LogP contribution in [-0.4, -0.2) is 31.1 Å². The van der Waals surface area contributed by atoms with Gasteiger partial charge in [0.05, 0.1) is 12.6 Å². The minimum Gasteiger partial charge on any atom is -0.375 e. The summed E-state index contributed by atoms with van der Waals surface area (Å²) in [6, 6.07) is 5.95. The van der Waals surface area contributed by atoms with Crippen LogP contribution in [0.2, 0.25) is 0 Å². The first-order valence-corrected chi connectivity index (χ1v) is 9.03. The van der Waals surface area contributed by atoms with Crippen molar-refractivity contribution in [3.05, 3.63) is 51.7 Å². The summed E-state index contributed by atoms with van der Waals surface area (Å²) < 4.78 is 56.3. The summed E-state index contributed by atoms with van der Waals surface area (Å²) >= 11 is 0.910. The van der Waals surface area contributed by atoms with Crippen LogP contribution in [0.25, 0.3) is 0 Å². The van der Waals surface area contributed by atoms with Gasteiger partial charge in [0.25, 0.3) is 0 Å². The first-order chi connectivity index (χ1) is 12.8. The summed E-state index contributed by atoms with van der Waals surface area (Å²) in [6.07, 6.45) is -4.80. The molecule has 1 unspecified atom stereocenters. The minimum atomic E-state index is -4.46. The Kier molecular flexibility index (Phi) is 7.55. The second kappa shape index (κ2) is 9.65. The first-order valence-electron chi connectivity index (χ1n) is 8.15. The van der Waals surface area contributed by atoms with Crippen molar-refractivity contribution in [2.75, 3.05) is 20.2 Å². The van der Waals surface area contributed by atoms with Gasteiger partial charge in [-0.2, -0.15) is 13.2 Å². The van der Waals surface area contributed by atoms with Crippen molar-refractivity contribution in [3.63, 3.8) is 0 Å². The Bertz CT molecular complexity index is 746. The standard InChI is InChI=1S/C17H20F4N4OS/c1-3-22-16(24-9-15-25-14(10-27-15)17(19,20)21)23-8-13(26-2)11-4-6-12(18)7-5-11/h4-7,10,13H,3,8-9H2,1-2H3,(H2,22,23,24).